The number of nitrogens with zero attached hydrogens (tertiary/aromatic N) is 2. The Morgan fingerprint density at radius 2 is 2.18 bits per heavy atom. The van der Waals surface area contributed by atoms with E-state index in [2.05, 4.69) is 9.88 Å². The van der Waals surface area contributed by atoms with Crippen molar-refractivity contribution in [3.05, 3.63) is 23.9 Å². The van der Waals surface area contributed by atoms with Crippen molar-refractivity contribution in [2.24, 2.45) is 11.7 Å². The van der Waals surface area contributed by atoms with Gasteiger partial charge in [0.2, 0.25) is 5.91 Å². The summed E-state index contributed by atoms with van der Waals surface area (Å²) in [6.45, 7) is 1.62. The molecular formula is C12H17N3O2. The second-order valence-electron chi connectivity index (χ2n) is 4.35. The number of rotatable bonds is 3. The number of hydrogen-bond acceptors (Lipinski definition) is 4. The SMILES string of the molecule is NC(=O)C1CCN(c2ccc(CO)cn2)CC1. The summed E-state index contributed by atoms with van der Waals surface area (Å²) in [6.07, 6.45) is 3.26. The Bertz CT molecular complexity index is 383. The first-order valence-electron chi connectivity index (χ1n) is 5.80. The van der Waals surface area contributed by atoms with Crippen molar-refractivity contribution in [2.75, 3.05) is 18.0 Å². The first-order valence-corrected chi connectivity index (χ1v) is 5.80. The molecule has 2 heterocycles. The molecule has 0 atom stereocenters. The number of amides is 1. The highest BCUT2D eigenvalue weighted by Gasteiger charge is 2.23. The number of aliphatic hydroxyl groups is 1. The van der Waals surface area contributed by atoms with Crippen molar-refractivity contribution in [3.63, 3.8) is 0 Å². The minimum atomic E-state index is -0.201. The summed E-state index contributed by atoms with van der Waals surface area (Å²) in [4.78, 5) is 17.5. The highest BCUT2D eigenvalue weighted by molar-refractivity contribution is 5.76. The van der Waals surface area contributed by atoms with E-state index in [1.54, 1.807) is 6.20 Å². The molecule has 1 fully saturated rings. The van der Waals surface area contributed by atoms with Crippen LogP contribution in [-0.4, -0.2) is 29.1 Å². The Morgan fingerprint density at radius 3 is 2.65 bits per heavy atom. The molecular weight excluding hydrogens is 218 g/mol. The number of piperidine rings is 1. The smallest absolute Gasteiger partial charge is 0.220 e. The highest BCUT2D eigenvalue weighted by Crippen LogP contribution is 2.21. The van der Waals surface area contributed by atoms with E-state index in [1.165, 1.54) is 0 Å². The quantitative estimate of drug-likeness (QED) is 0.788. The van der Waals surface area contributed by atoms with Crippen molar-refractivity contribution < 1.29 is 9.90 Å². The van der Waals surface area contributed by atoms with Crippen LogP contribution in [0.1, 0.15) is 18.4 Å². The maximum absolute atomic E-state index is 11.0. The fraction of sp³-hybridized carbons (Fsp3) is 0.500. The van der Waals surface area contributed by atoms with Crippen LogP contribution in [0, 0.1) is 5.92 Å². The van der Waals surface area contributed by atoms with E-state index in [1.807, 2.05) is 12.1 Å². The van der Waals surface area contributed by atoms with Crippen molar-refractivity contribution in [1.29, 1.82) is 0 Å². The predicted molar refractivity (Wildman–Crippen MR) is 64.3 cm³/mol. The molecule has 2 rings (SSSR count). The lowest BCUT2D eigenvalue weighted by Gasteiger charge is -2.31. The van der Waals surface area contributed by atoms with E-state index >= 15 is 0 Å². The largest absolute Gasteiger partial charge is 0.392 e. The summed E-state index contributed by atoms with van der Waals surface area (Å²) in [5, 5.41) is 8.93. The fourth-order valence-corrected chi connectivity index (χ4v) is 2.09. The summed E-state index contributed by atoms with van der Waals surface area (Å²) >= 11 is 0. The summed E-state index contributed by atoms with van der Waals surface area (Å²) in [7, 11) is 0. The predicted octanol–water partition coefficient (Wildman–Crippen LogP) is 0.276. The topological polar surface area (TPSA) is 79.5 Å². The Hall–Kier alpha value is -1.62. The van der Waals surface area contributed by atoms with Crippen LogP contribution >= 0.6 is 0 Å². The molecule has 1 aliphatic rings. The van der Waals surface area contributed by atoms with Crippen LogP contribution in [0.25, 0.3) is 0 Å². The zero-order valence-corrected chi connectivity index (χ0v) is 9.67. The molecule has 1 saturated heterocycles. The molecule has 5 heteroatoms. The van der Waals surface area contributed by atoms with Gasteiger partial charge >= 0.3 is 0 Å². The molecule has 1 aromatic heterocycles. The number of aromatic nitrogens is 1. The van der Waals surface area contributed by atoms with Gasteiger partial charge in [-0.1, -0.05) is 6.07 Å². The number of aliphatic hydroxyl groups excluding tert-OH is 1. The van der Waals surface area contributed by atoms with Crippen molar-refractivity contribution in [1.82, 2.24) is 4.98 Å². The third kappa shape index (κ3) is 2.74. The molecule has 17 heavy (non-hydrogen) atoms. The van der Waals surface area contributed by atoms with E-state index in [4.69, 9.17) is 10.8 Å². The van der Waals surface area contributed by atoms with Crippen LogP contribution in [0.5, 0.6) is 0 Å². The lowest BCUT2D eigenvalue weighted by atomic mass is 9.96. The number of carbonyl (C=O) groups excluding carboxylic acids is 1. The monoisotopic (exact) mass is 235 g/mol. The maximum Gasteiger partial charge on any atom is 0.220 e. The van der Waals surface area contributed by atoms with Crippen LogP contribution < -0.4 is 10.6 Å². The van der Waals surface area contributed by atoms with Crippen LogP contribution in [0.3, 0.4) is 0 Å². The van der Waals surface area contributed by atoms with Gasteiger partial charge < -0.3 is 15.7 Å². The van der Waals surface area contributed by atoms with Crippen LogP contribution in [-0.2, 0) is 11.4 Å². The molecule has 1 amide bonds. The van der Waals surface area contributed by atoms with Crippen molar-refractivity contribution in [2.45, 2.75) is 19.4 Å². The molecule has 0 bridgehead atoms. The maximum atomic E-state index is 11.0. The second-order valence-corrected chi connectivity index (χ2v) is 4.35. The number of nitrogens with two attached hydrogens (primary N) is 1. The van der Waals surface area contributed by atoms with Gasteiger partial charge in [0.1, 0.15) is 5.82 Å². The summed E-state index contributed by atoms with van der Waals surface area (Å²) in [5.74, 6) is 0.696. The molecule has 5 nitrogen and oxygen atoms in total. The number of primary amides is 1. The molecule has 0 saturated carbocycles. The Morgan fingerprint density at radius 1 is 1.47 bits per heavy atom. The van der Waals surface area contributed by atoms with Gasteiger partial charge in [-0.05, 0) is 24.5 Å². The molecule has 0 aromatic carbocycles. The van der Waals surface area contributed by atoms with Crippen LogP contribution in [0.4, 0.5) is 5.82 Å². The average Bonchev–Trinajstić information content (AvgIpc) is 2.39. The minimum absolute atomic E-state index is 0.00275. The first-order chi connectivity index (χ1) is 8.20. The Balaban J connectivity index is 1.97. The van der Waals surface area contributed by atoms with Gasteiger partial charge in [0.05, 0.1) is 6.61 Å². The summed E-state index contributed by atoms with van der Waals surface area (Å²) in [5.41, 5.74) is 6.09. The summed E-state index contributed by atoms with van der Waals surface area (Å²) < 4.78 is 0. The molecule has 0 unspecified atom stereocenters. The molecule has 1 aliphatic heterocycles. The lowest BCUT2D eigenvalue weighted by Crippen LogP contribution is -2.38. The van der Waals surface area contributed by atoms with E-state index in [0.717, 1.165) is 37.3 Å². The third-order valence-corrected chi connectivity index (χ3v) is 3.21. The summed E-state index contributed by atoms with van der Waals surface area (Å²) in [6, 6.07) is 3.76. The number of anilines is 1. The van der Waals surface area contributed by atoms with E-state index in [0.29, 0.717) is 0 Å². The van der Waals surface area contributed by atoms with Crippen LogP contribution in [0.2, 0.25) is 0 Å². The molecule has 92 valence electrons. The minimum Gasteiger partial charge on any atom is -0.392 e. The van der Waals surface area contributed by atoms with E-state index < -0.39 is 0 Å². The van der Waals surface area contributed by atoms with Crippen molar-refractivity contribution >= 4 is 11.7 Å². The highest BCUT2D eigenvalue weighted by atomic mass is 16.3. The van der Waals surface area contributed by atoms with Gasteiger partial charge in [-0.3, -0.25) is 4.79 Å². The molecule has 3 N–H and O–H groups in total. The van der Waals surface area contributed by atoms with Crippen LogP contribution in [0.15, 0.2) is 18.3 Å². The Kier molecular flexibility index (Phi) is 3.58. The number of pyridine rings is 1. The number of hydrogen-bond donors (Lipinski definition) is 2. The molecule has 0 radical (unpaired) electrons. The molecule has 0 spiro atoms. The van der Waals surface area contributed by atoms with Gasteiger partial charge in [-0.25, -0.2) is 4.98 Å². The van der Waals surface area contributed by atoms with Gasteiger partial charge in [-0.2, -0.15) is 0 Å². The molecule has 0 aliphatic carbocycles. The fourth-order valence-electron chi connectivity index (χ4n) is 2.09. The third-order valence-electron chi connectivity index (χ3n) is 3.21. The van der Waals surface area contributed by atoms with E-state index in [-0.39, 0.29) is 18.4 Å². The van der Waals surface area contributed by atoms with Gasteiger partial charge in [0, 0.05) is 25.2 Å². The first kappa shape index (κ1) is 11.9. The second kappa shape index (κ2) is 5.14. The van der Waals surface area contributed by atoms with E-state index in [9.17, 15) is 4.79 Å². The van der Waals surface area contributed by atoms with Gasteiger partial charge in [-0.15, -0.1) is 0 Å². The van der Waals surface area contributed by atoms with Gasteiger partial charge in [0.25, 0.3) is 0 Å². The zero-order valence-electron chi connectivity index (χ0n) is 9.67. The average molecular weight is 235 g/mol. The normalized spacial score (nSPS) is 17.1. The van der Waals surface area contributed by atoms with Crippen molar-refractivity contribution in [3.8, 4) is 0 Å². The van der Waals surface area contributed by atoms with Gasteiger partial charge in [0.15, 0.2) is 0 Å². The number of carbonyl (C=O) groups is 1. The Labute approximate surface area is 100 Å². The zero-order chi connectivity index (χ0) is 12.3. The standard InChI is InChI=1S/C12H17N3O2/c13-12(17)10-3-5-15(6-4-10)11-2-1-9(8-16)7-14-11/h1-2,7,10,16H,3-6,8H2,(H2,13,17). The lowest BCUT2D eigenvalue weighted by molar-refractivity contribution is -0.122. The molecule has 1 aromatic rings.